The third kappa shape index (κ3) is 5.75. The van der Waals surface area contributed by atoms with E-state index >= 15 is 0 Å². The van der Waals surface area contributed by atoms with Crippen LogP contribution in [0.4, 0.5) is 10.2 Å². The smallest absolute Gasteiger partial charge is 0.254 e. The topological polar surface area (TPSA) is 54.5 Å². The summed E-state index contributed by atoms with van der Waals surface area (Å²) in [6, 6.07) is 15.8. The van der Waals surface area contributed by atoms with E-state index in [9.17, 15) is 9.18 Å². The number of nitrogens with zero attached hydrogens (tertiary/aromatic N) is 2. The second-order valence-electron chi connectivity index (χ2n) is 8.37. The van der Waals surface area contributed by atoms with Gasteiger partial charge in [-0.05, 0) is 30.2 Å². The molecule has 4 rings (SSSR count). The number of likely N-dealkylation sites (tertiary alicyclic amines) is 1. The zero-order valence-electron chi connectivity index (χ0n) is 18.0. The van der Waals surface area contributed by atoms with Crippen molar-refractivity contribution in [2.45, 2.75) is 37.8 Å². The average Bonchev–Trinajstić information content (AvgIpc) is 2.76. The molecule has 1 amide bonds. The van der Waals surface area contributed by atoms with E-state index in [0.29, 0.717) is 23.2 Å². The van der Waals surface area contributed by atoms with Crippen molar-refractivity contribution in [3.8, 4) is 5.88 Å². The molecule has 1 aromatic carbocycles. The van der Waals surface area contributed by atoms with Crippen LogP contribution in [0.5, 0.6) is 5.88 Å². The number of rotatable bonds is 6. The number of ether oxygens (including phenoxy) is 1. The third-order valence-electron chi connectivity index (χ3n) is 5.81. The highest BCUT2D eigenvalue weighted by Gasteiger charge is 2.28. The molecule has 168 valence electrons. The molecule has 0 radical (unpaired) electrons. The Balaban J connectivity index is 1.33. The van der Waals surface area contributed by atoms with Crippen molar-refractivity contribution in [1.29, 1.82) is 0 Å². The van der Waals surface area contributed by atoms with E-state index in [2.05, 4.69) is 46.4 Å². The van der Waals surface area contributed by atoms with Gasteiger partial charge in [-0.3, -0.25) is 9.69 Å². The minimum atomic E-state index is -0.693. The predicted octanol–water partition coefficient (Wildman–Crippen LogP) is 5.10. The molecule has 1 aliphatic heterocycles. The Labute approximate surface area is 192 Å². The fourth-order valence-corrected chi connectivity index (χ4v) is 4.44. The summed E-state index contributed by atoms with van der Waals surface area (Å²) in [4.78, 5) is 19.4. The number of pyridine rings is 1. The quantitative estimate of drug-likeness (QED) is 0.615. The van der Waals surface area contributed by atoms with Gasteiger partial charge in [0.05, 0.1) is 5.38 Å². The predicted molar refractivity (Wildman–Crippen MR) is 124 cm³/mol. The zero-order valence-corrected chi connectivity index (χ0v) is 18.8. The molecule has 1 aromatic heterocycles. The van der Waals surface area contributed by atoms with Crippen LogP contribution < -0.4 is 10.1 Å². The van der Waals surface area contributed by atoms with Crippen molar-refractivity contribution in [1.82, 2.24) is 9.88 Å². The van der Waals surface area contributed by atoms with E-state index in [1.807, 2.05) is 6.07 Å². The molecule has 0 saturated carbocycles. The van der Waals surface area contributed by atoms with Gasteiger partial charge in [-0.1, -0.05) is 43.3 Å². The number of hydrogen-bond donors (Lipinski definition) is 1. The minimum Gasteiger partial charge on any atom is -0.474 e. The van der Waals surface area contributed by atoms with Crippen LogP contribution >= 0.6 is 11.6 Å². The van der Waals surface area contributed by atoms with Crippen molar-refractivity contribution >= 4 is 23.3 Å². The number of hydrogen-bond acceptors (Lipinski definition) is 4. The highest BCUT2D eigenvalue weighted by atomic mass is 35.5. The molecule has 1 N–H and O–H groups in total. The number of allylic oxidation sites excluding steroid dienone is 3. The van der Waals surface area contributed by atoms with Crippen LogP contribution in [-0.4, -0.2) is 40.4 Å². The molecule has 1 saturated heterocycles. The standard InChI is InChI=1S/C25H27ClFN3O2/c1-17-15-30(16-18-6-3-2-4-7-18)13-12-22(17)32-24-9-5-8-23(28-24)29-25(31)20-11-10-19(27)14-21(20)26/h2-11,17,21-22H,12-16H2,1H3,(H,28,29,31)/t17-,21?,22+/m1/s1. The Morgan fingerprint density at radius 1 is 1.22 bits per heavy atom. The van der Waals surface area contributed by atoms with Gasteiger partial charge < -0.3 is 10.1 Å². The fraction of sp³-hybridized carbons (Fsp3) is 0.360. The normalized spacial score (nSPS) is 23.8. The Kier molecular flexibility index (Phi) is 7.22. The molecule has 32 heavy (non-hydrogen) atoms. The fourth-order valence-electron chi connectivity index (χ4n) is 4.12. The first-order valence-corrected chi connectivity index (χ1v) is 11.3. The van der Waals surface area contributed by atoms with Gasteiger partial charge in [0.1, 0.15) is 17.7 Å². The Hall–Kier alpha value is -2.70. The molecular formula is C25H27ClFN3O2. The highest BCUT2D eigenvalue weighted by molar-refractivity contribution is 6.27. The Morgan fingerprint density at radius 3 is 2.78 bits per heavy atom. The summed E-state index contributed by atoms with van der Waals surface area (Å²) in [6.45, 7) is 5.03. The number of carbonyl (C=O) groups excluding carboxylic acids is 1. The maximum absolute atomic E-state index is 13.3. The first-order valence-electron chi connectivity index (χ1n) is 10.9. The van der Waals surface area contributed by atoms with E-state index in [0.717, 1.165) is 26.1 Å². The van der Waals surface area contributed by atoms with Crippen LogP contribution in [0.2, 0.25) is 0 Å². The maximum atomic E-state index is 13.3. The lowest BCUT2D eigenvalue weighted by molar-refractivity contribution is -0.113. The molecule has 0 spiro atoms. The van der Waals surface area contributed by atoms with E-state index in [-0.39, 0.29) is 24.3 Å². The molecule has 1 aliphatic carbocycles. The number of piperidine rings is 1. The van der Waals surface area contributed by atoms with Crippen molar-refractivity contribution < 1.29 is 13.9 Å². The lowest BCUT2D eigenvalue weighted by atomic mass is 9.96. The maximum Gasteiger partial charge on any atom is 0.254 e. The molecule has 2 aromatic rings. The third-order valence-corrected chi connectivity index (χ3v) is 6.20. The van der Waals surface area contributed by atoms with Crippen LogP contribution in [0, 0.1) is 5.92 Å². The summed E-state index contributed by atoms with van der Waals surface area (Å²) in [5, 5.41) is 2.04. The number of alkyl halides is 1. The first-order chi connectivity index (χ1) is 15.5. The van der Waals surface area contributed by atoms with Gasteiger partial charge in [0.2, 0.25) is 5.88 Å². The summed E-state index contributed by atoms with van der Waals surface area (Å²) in [6.07, 6.45) is 3.66. The van der Waals surface area contributed by atoms with Crippen LogP contribution in [0.15, 0.2) is 72.1 Å². The lowest BCUT2D eigenvalue weighted by Gasteiger charge is -2.36. The Bertz CT molecular complexity index is 1010. The lowest BCUT2D eigenvalue weighted by Crippen LogP contribution is -2.44. The van der Waals surface area contributed by atoms with Gasteiger partial charge >= 0.3 is 0 Å². The highest BCUT2D eigenvalue weighted by Crippen LogP contribution is 2.27. The van der Waals surface area contributed by atoms with E-state index in [1.165, 1.54) is 17.7 Å². The number of halogens is 2. The number of amides is 1. The van der Waals surface area contributed by atoms with Crippen molar-refractivity contribution in [3.05, 3.63) is 77.6 Å². The second kappa shape index (κ2) is 10.3. The number of aromatic nitrogens is 1. The summed E-state index contributed by atoms with van der Waals surface area (Å²) in [5.74, 6) is 0.474. The van der Waals surface area contributed by atoms with Gasteiger partial charge in [0, 0.05) is 43.6 Å². The summed E-state index contributed by atoms with van der Waals surface area (Å²) < 4.78 is 19.5. The van der Waals surface area contributed by atoms with E-state index < -0.39 is 5.38 Å². The molecular weight excluding hydrogens is 429 g/mol. The van der Waals surface area contributed by atoms with Gasteiger partial charge in [0.15, 0.2) is 0 Å². The van der Waals surface area contributed by atoms with Gasteiger partial charge in [0.25, 0.3) is 5.91 Å². The molecule has 0 bridgehead atoms. The summed E-state index contributed by atoms with van der Waals surface area (Å²) >= 11 is 6.12. The molecule has 7 heteroatoms. The molecule has 2 aliphatic rings. The number of anilines is 1. The number of benzene rings is 1. The Morgan fingerprint density at radius 2 is 2.03 bits per heavy atom. The van der Waals surface area contributed by atoms with Gasteiger partial charge in [-0.15, -0.1) is 11.6 Å². The van der Waals surface area contributed by atoms with Gasteiger partial charge in [-0.2, -0.15) is 4.98 Å². The van der Waals surface area contributed by atoms with Crippen molar-refractivity contribution in [3.63, 3.8) is 0 Å². The van der Waals surface area contributed by atoms with Crippen molar-refractivity contribution in [2.24, 2.45) is 5.92 Å². The monoisotopic (exact) mass is 455 g/mol. The number of carbonyl (C=O) groups is 1. The second-order valence-corrected chi connectivity index (χ2v) is 8.89. The SMILES string of the molecule is C[C@@H]1CN(Cc2ccccc2)CC[C@@H]1Oc1cccc(NC(=O)C2=CC=C(F)CC2Cl)n1. The molecule has 2 heterocycles. The average molecular weight is 456 g/mol. The molecule has 1 fully saturated rings. The van der Waals surface area contributed by atoms with Crippen LogP contribution in [-0.2, 0) is 11.3 Å². The molecule has 1 unspecified atom stereocenters. The van der Waals surface area contributed by atoms with Crippen molar-refractivity contribution in [2.75, 3.05) is 18.4 Å². The minimum absolute atomic E-state index is 0.0121. The summed E-state index contributed by atoms with van der Waals surface area (Å²) in [5.41, 5.74) is 1.63. The first kappa shape index (κ1) is 22.5. The largest absolute Gasteiger partial charge is 0.474 e. The zero-order chi connectivity index (χ0) is 22.5. The van der Waals surface area contributed by atoms with Gasteiger partial charge in [-0.25, -0.2) is 4.39 Å². The molecule has 3 atom stereocenters. The summed E-state index contributed by atoms with van der Waals surface area (Å²) in [7, 11) is 0. The van der Waals surface area contributed by atoms with Crippen LogP contribution in [0.25, 0.3) is 0 Å². The van der Waals surface area contributed by atoms with E-state index in [4.69, 9.17) is 16.3 Å². The van der Waals surface area contributed by atoms with Crippen LogP contribution in [0.1, 0.15) is 25.3 Å². The van der Waals surface area contributed by atoms with Crippen LogP contribution in [0.3, 0.4) is 0 Å². The number of nitrogens with one attached hydrogen (secondary N) is 1. The van der Waals surface area contributed by atoms with E-state index in [1.54, 1.807) is 18.2 Å². The molecule has 5 nitrogen and oxygen atoms in total.